The lowest BCUT2D eigenvalue weighted by Gasteiger charge is -2.26. The molecule has 0 aliphatic heterocycles. The monoisotopic (exact) mass is 201 g/mol. The van der Waals surface area contributed by atoms with Gasteiger partial charge < -0.3 is 10.2 Å². The molecule has 0 saturated heterocycles. The van der Waals surface area contributed by atoms with Crippen molar-refractivity contribution in [1.82, 2.24) is 4.90 Å². The average molecular weight is 201 g/mol. The van der Waals surface area contributed by atoms with E-state index in [0.29, 0.717) is 6.04 Å². The summed E-state index contributed by atoms with van der Waals surface area (Å²) in [5.41, 5.74) is 0. The molecule has 2 N–H and O–H groups in total. The third kappa shape index (κ3) is 3.95. The van der Waals surface area contributed by atoms with Crippen molar-refractivity contribution in [2.75, 3.05) is 13.1 Å². The summed E-state index contributed by atoms with van der Waals surface area (Å²) in [6.45, 7) is 5.43. The van der Waals surface area contributed by atoms with Gasteiger partial charge in [0.2, 0.25) is 0 Å². The highest BCUT2D eigenvalue weighted by molar-refractivity contribution is 4.86. The molecule has 0 heterocycles. The van der Waals surface area contributed by atoms with Gasteiger partial charge in [0.1, 0.15) is 0 Å². The smallest absolute Gasteiger partial charge is 0.0664 e. The van der Waals surface area contributed by atoms with Gasteiger partial charge in [0.05, 0.1) is 12.2 Å². The minimum Gasteiger partial charge on any atom is -0.392 e. The molecule has 3 heteroatoms. The average Bonchev–Trinajstić information content (AvgIpc) is 2.99. The van der Waals surface area contributed by atoms with Crippen LogP contribution in [0.25, 0.3) is 0 Å². The quantitative estimate of drug-likeness (QED) is 0.645. The largest absolute Gasteiger partial charge is 0.392 e. The molecular formula is C11H23NO2. The topological polar surface area (TPSA) is 43.7 Å². The fourth-order valence-corrected chi connectivity index (χ4v) is 1.61. The molecule has 1 aliphatic carbocycles. The molecule has 2 unspecified atom stereocenters. The summed E-state index contributed by atoms with van der Waals surface area (Å²) in [4.78, 5) is 2.24. The highest BCUT2D eigenvalue weighted by Gasteiger charge is 2.30. The van der Waals surface area contributed by atoms with E-state index in [-0.39, 0.29) is 12.2 Å². The second-order valence-corrected chi connectivity index (χ2v) is 4.31. The highest BCUT2D eigenvalue weighted by Crippen LogP contribution is 2.27. The van der Waals surface area contributed by atoms with E-state index in [1.54, 1.807) is 0 Å². The van der Waals surface area contributed by atoms with Crippen molar-refractivity contribution in [3.05, 3.63) is 0 Å². The van der Waals surface area contributed by atoms with E-state index < -0.39 is 0 Å². The Hall–Kier alpha value is -0.120. The van der Waals surface area contributed by atoms with E-state index >= 15 is 0 Å². The van der Waals surface area contributed by atoms with E-state index in [0.717, 1.165) is 25.9 Å². The summed E-state index contributed by atoms with van der Waals surface area (Å²) in [6, 6.07) is 0.623. The third-order valence-corrected chi connectivity index (χ3v) is 2.90. The Morgan fingerprint density at radius 3 is 1.79 bits per heavy atom. The van der Waals surface area contributed by atoms with Gasteiger partial charge >= 0.3 is 0 Å². The summed E-state index contributed by atoms with van der Waals surface area (Å²) in [6.07, 6.45) is 3.58. The van der Waals surface area contributed by atoms with Gasteiger partial charge in [-0.05, 0) is 25.7 Å². The van der Waals surface area contributed by atoms with Crippen LogP contribution in [0, 0.1) is 0 Å². The minimum atomic E-state index is -0.236. The SMILES string of the molecule is CCC(O)CN(CC(O)CC)C1CC1. The molecule has 0 amide bonds. The number of aliphatic hydroxyl groups excluding tert-OH is 2. The Morgan fingerprint density at radius 1 is 1.07 bits per heavy atom. The van der Waals surface area contributed by atoms with Gasteiger partial charge in [0.25, 0.3) is 0 Å². The van der Waals surface area contributed by atoms with Crippen LogP contribution in [0.5, 0.6) is 0 Å². The summed E-state index contributed by atoms with van der Waals surface area (Å²) in [7, 11) is 0. The van der Waals surface area contributed by atoms with Crippen LogP contribution in [0.2, 0.25) is 0 Å². The summed E-state index contributed by atoms with van der Waals surface area (Å²) >= 11 is 0. The van der Waals surface area contributed by atoms with Crippen molar-refractivity contribution < 1.29 is 10.2 Å². The van der Waals surface area contributed by atoms with Gasteiger partial charge in [-0.15, -0.1) is 0 Å². The Bertz CT molecular complexity index is 147. The molecule has 0 spiro atoms. The second-order valence-electron chi connectivity index (χ2n) is 4.31. The molecule has 0 radical (unpaired) electrons. The molecule has 1 aliphatic rings. The van der Waals surface area contributed by atoms with E-state index in [1.165, 1.54) is 12.8 Å². The van der Waals surface area contributed by atoms with Crippen LogP contribution in [-0.2, 0) is 0 Å². The number of hydrogen-bond acceptors (Lipinski definition) is 3. The summed E-state index contributed by atoms with van der Waals surface area (Å²) < 4.78 is 0. The predicted molar refractivity (Wildman–Crippen MR) is 57.2 cm³/mol. The molecule has 0 bridgehead atoms. The fourth-order valence-electron chi connectivity index (χ4n) is 1.61. The number of nitrogens with zero attached hydrogens (tertiary/aromatic N) is 1. The van der Waals surface area contributed by atoms with Crippen LogP contribution in [0.3, 0.4) is 0 Å². The molecule has 2 atom stereocenters. The van der Waals surface area contributed by atoms with E-state index in [1.807, 2.05) is 13.8 Å². The Kier molecular flexibility index (Phi) is 4.85. The van der Waals surface area contributed by atoms with Gasteiger partial charge in [0, 0.05) is 19.1 Å². The van der Waals surface area contributed by atoms with Crippen molar-refractivity contribution in [3.8, 4) is 0 Å². The van der Waals surface area contributed by atoms with Crippen LogP contribution >= 0.6 is 0 Å². The van der Waals surface area contributed by atoms with Gasteiger partial charge in [-0.2, -0.15) is 0 Å². The van der Waals surface area contributed by atoms with E-state index in [4.69, 9.17) is 0 Å². The van der Waals surface area contributed by atoms with Crippen molar-refractivity contribution in [3.63, 3.8) is 0 Å². The van der Waals surface area contributed by atoms with Gasteiger partial charge in [-0.3, -0.25) is 4.90 Å². The predicted octanol–water partition coefficient (Wildman–Crippen LogP) is 0.993. The van der Waals surface area contributed by atoms with Crippen LogP contribution in [0.4, 0.5) is 0 Å². The molecular weight excluding hydrogens is 178 g/mol. The van der Waals surface area contributed by atoms with Gasteiger partial charge in [0.15, 0.2) is 0 Å². The maximum atomic E-state index is 9.57. The first-order valence-corrected chi connectivity index (χ1v) is 5.77. The van der Waals surface area contributed by atoms with Gasteiger partial charge in [-0.1, -0.05) is 13.8 Å². The van der Waals surface area contributed by atoms with Crippen LogP contribution in [-0.4, -0.2) is 46.5 Å². The summed E-state index contributed by atoms with van der Waals surface area (Å²) in [5, 5.41) is 19.1. The molecule has 0 aromatic heterocycles. The molecule has 84 valence electrons. The lowest BCUT2D eigenvalue weighted by Crippen LogP contribution is -2.39. The van der Waals surface area contributed by atoms with Crippen molar-refractivity contribution in [2.24, 2.45) is 0 Å². The zero-order valence-electron chi connectivity index (χ0n) is 9.32. The molecule has 0 aromatic rings. The minimum absolute atomic E-state index is 0.236. The Balaban J connectivity index is 2.31. The van der Waals surface area contributed by atoms with Crippen LogP contribution in [0.15, 0.2) is 0 Å². The molecule has 1 saturated carbocycles. The fraction of sp³-hybridized carbons (Fsp3) is 1.00. The zero-order chi connectivity index (χ0) is 10.6. The second kappa shape index (κ2) is 5.69. The number of hydrogen-bond donors (Lipinski definition) is 2. The van der Waals surface area contributed by atoms with Crippen molar-refractivity contribution in [2.45, 2.75) is 57.8 Å². The standard InChI is InChI=1S/C11H23NO2/c1-3-10(13)7-12(9-5-6-9)8-11(14)4-2/h9-11,13-14H,3-8H2,1-2H3. The molecule has 3 nitrogen and oxygen atoms in total. The van der Waals surface area contributed by atoms with Crippen molar-refractivity contribution >= 4 is 0 Å². The number of aliphatic hydroxyl groups is 2. The maximum Gasteiger partial charge on any atom is 0.0664 e. The normalized spacial score (nSPS) is 21.2. The van der Waals surface area contributed by atoms with E-state index in [2.05, 4.69) is 4.90 Å². The number of rotatable bonds is 7. The molecule has 1 fully saturated rings. The first kappa shape index (κ1) is 12.0. The first-order chi connectivity index (χ1) is 6.67. The zero-order valence-corrected chi connectivity index (χ0v) is 9.32. The molecule has 14 heavy (non-hydrogen) atoms. The van der Waals surface area contributed by atoms with Crippen molar-refractivity contribution in [1.29, 1.82) is 0 Å². The molecule has 0 aromatic carbocycles. The van der Waals surface area contributed by atoms with E-state index in [9.17, 15) is 10.2 Å². The lowest BCUT2D eigenvalue weighted by atomic mass is 10.2. The molecule has 1 rings (SSSR count). The Labute approximate surface area is 86.7 Å². The highest BCUT2D eigenvalue weighted by atomic mass is 16.3. The lowest BCUT2D eigenvalue weighted by molar-refractivity contribution is 0.0621. The third-order valence-electron chi connectivity index (χ3n) is 2.90. The van der Waals surface area contributed by atoms with Crippen LogP contribution in [0.1, 0.15) is 39.5 Å². The van der Waals surface area contributed by atoms with Gasteiger partial charge in [-0.25, -0.2) is 0 Å². The maximum absolute atomic E-state index is 9.57. The summed E-state index contributed by atoms with van der Waals surface area (Å²) in [5.74, 6) is 0. The van der Waals surface area contributed by atoms with Crippen LogP contribution < -0.4 is 0 Å². The Morgan fingerprint density at radius 2 is 1.50 bits per heavy atom. The first-order valence-electron chi connectivity index (χ1n) is 5.77.